The molecule has 6 nitrogen and oxygen atoms in total. The van der Waals surface area contributed by atoms with Crippen molar-refractivity contribution >= 4 is 34.8 Å². The van der Waals surface area contributed by atoms with E-state index in [4.69, 9.17) is 21.1 Å². The number of carbonyl (C=O) groups excluding carboxylic acids is 2. The van der Waals surface area contributed by atoms with Crippen LogP contribution in [-0.2, 0) is 9.59 Å². The maximum atomic E-state index is 12.8. The van der Waals surface area contributed by atoms with Gasteiger partial charge in [-0.05, 0) is 30.3 Å². The molecular formula is C18H17ClN2O4. The molecule has 1 N–H and O–H groups in total. The number of ether oxygens (including phenoxy) is 2. The standard InChI is InChI=1S/C18H17ClN2O4/c1-24-15-8-7-11(19)9-12(15)20-13-10-17(22)21(18(13)23)14-5-3-4-6-16(14)25-2/h3-9,13,20H,10H2,1-2H3/t13-/m0/s1. The number of hydrogen-bond donors (Lipinski definition) is 1. The van der Waals surface area contributed by atoms with E-state index in [0.29, 0.717) is 27.9 Å². The quantitative estimate of drug-likeness (QED) is 0.830. The highest BCUT2D eigenvalue weighted by atomic mass is 35.5. The van der Waals surface area contributed by atoms with Crippen LogP contribution in [0, 0.1) is 0 Å². The fourth-order valence-electron chi connectivity index (χ4n) is 2.79. The average molecular weight is 361 g/mol. The van der Waals surface area contributed by atoms with Crippen LogP contribution in [0.5, 0.6) is 11.5 Å². The van der Waals surface area contributed by atoms with Gasteiger partial charge in [0.2, 0.25) is 5.91 Å². The van der Waals surface area contributed by atoms with Gasteiger partial charge in [-0.2, -0.15) is 0 Å². The second-order valence-electron chi connectivity index (χ2n) is 5.48. The van der Waals surface area contributed by atoms with E-state index < -0.39 is 6.04 Å². The van der Waals surface area contributed by atoms with Crippen molar-refractivity contribution < 1.29 is 19.1 Å². The van der Waals surface area contributed by atoms with E-state index in [9.17, 15) is 9.59 Å². The summed E-state index contributed by atoms with van der Waals surface area (Å²) in [6.45, 7) is 0. The van der Waals surface area contributed by atoms with Gasteiger partial charge in [0.1, 0.15) is 17.5 Å². The van der Waals surface area contributed by atoms with E-state index in [1.807, 2.05) is 0 Å². The van der Waals surface area contributed by atoms with Gasteiger partial charge in [-0.15, -0.1) is 0 Å². The van der Waals surface area contributed by atoms with Crippen molar-refractivity contribution in [3.8, 4) is 11.5 Å². The molecule has 2 amide bonds. The number of para-hydroxylation sites is 2. The zero-order valence-electron chi connectivity index (χ0n) is 13.8. The SMILES string of the molecule is COc1ccc(Cl)cc1N[C@H]1CC(=O)N(c2ccccc2OC)C1=O. The van der Waals surface area contributed by atoms with E-state index in [1.165, 1.54) is 14.2 Å². The summed E-state index contributed by atoms with van der Waals surface area (Å²) < 4.78 is 10.5. The molecule has 7 heteroatoms. The summed E-state index contributed by atoms with van der Waals surface area (Å²) in [7, 11) is 3.02. The van der Waals surface area contributed by atoms with Gasteiger partial charge in [-0.3, -0.25) is 9.59 Å². The maximum absolute atomic E-state index is 12.8. The van der Waals surface area contributed by atoms with Crippen molar-refractivity contribution in [3.63, 3.8) is 0 Å². The molecule has 1 heterocycles. The van der Waals surface area contributed by atoms with Crippen molar-refractivity contribution in [2.24, 2.45) is 0 Å². The molecular weight excluding hydrogens is 344 g/mol. The van der Waals surface area contributed by atoms with Crippen LogP contribution in [0.4, 0.5) is 11.4 Å². The van der Waals surface area contributed by atoms with Crippen molar-refractivity contribution in [1.82, 2.24) is 0 Å². The van der Waals surface area contributed by atoms with Crippen LogP contribution in [0.2, 0.25) is 5.02 Å². The largest absolute Gasteiger partial charge is 0.495 e. The Balaban J connectivity index is 1.88. The van der Waals surface area contributed by atoms with Gasteiger partial charge < -0.3 is 14.8 Å². The number of carbonyl (C=O) groups is 2. The predicted molar refractivity (Wildman–Crippen MR) is 95.5 cm³/mol. The molecule has 1 saturated heterocycles. The molecule has 1 aliphatic heterocycles. The van der Waals surface area contributed by atoms with Crippen LogP contribution >= 0.6 is 11.6 Å². The average Bonchev–Trinajstić information content (AvgIpc) is 2.88. The Hall–Kier alpha value is -2.73. The van der Waals surface area contributed by atoms with Crippen molar-refractivity contribution in [3.05, 3.63) is 47.5 Å². The normalized spacial score (nSPS) is 16.9. The molecule has 1 fully saturated rings. The Kier molecular flexibility index (Phi) is 4.81. The van der Waals surface area contributed by atoms with Crippen molar-refractivity contribution in [1.29, 1.82) is 0 Å². The molecule has 0 aliphatic carbocycles. The Morgan fingerprint density at radius 1 is 1.08 bits per heavy atom. The minimum atomic E-state index is -0.704. The van der Waals surface area contributed by atoms with E-state index in [2.05, 4.69) is 5.32 Å². The Morgan fingerprint density at radius 2 is 1.80 bits per heavy atom. The number of benzene rings is 2. The second kappa shape index (κ2) is 7.03. The number of imide groups is 1. The van der Waals surface area contributed by atoms with Crippen molar-refractivity contribution in [2.45, 2.75) is 12.5 Å². The summed E-state index contributed by atoms with van der Waals surface area (Å²) in [5.74, 6) is 0.357. The molecule has 0 aromatic heterocycles. The second-order valence-corrected chi connectivity index (χ2v) is 5.92. The molecule has 0 spiro atoms. The Labute approximate surface area is 150 Å². The smallest absolute Gasteiger partial charge is 0.256 e. The van der Waals surface area contributed by atoms with E-state index in [0.717, 1.165) is 4.90 Å². The number of hydrogen-bond acceptors (Lipinski definition) is 5. The summed E-state index contributed by atoms with van der Waals surface area (Å²) in [6.07, 6.45) is 0.0343. The summed E-state index contributed by atoms with van der Waals surface area (Å²) in [4.78, 5) is 26.4. The first-order valence-corrected chi connectivity index (χ1v) is 8.03. The summed E-state index contributed by atoms with van der Waals surface area (Å²) in [6, 6.07) is 11.2. The van der Waals surface area contributed by atoms with E-state index in [1.54, 1.807) is 42.5 Å². The Morgan fingerprint density at radius 3 is 2.52 bits per heavy atom. The van der Waals surface area contributed by atoms with Gasteiger partial charge in [0, 0.05) is 5.02 Å². The molecule has 2 aromatic carbocycles. The summed E-state index contributed by atoms with van der Waals surface area (Å²) in [5.41, 5.74) is 0.991. The summed E-state index contributed by atoms with van der Waals surface area (Å²) >= 11 is 6.01. The number of halogens is 1. The highest BCUT2D eigenvalue weighted by Gasteiger charge is 2.41. The first-order valence-electron chi connectivity index (χ1n) is 7.65. The molecule has 1 aliphatic rings. The monoisotopic (exact) mass is 360 g/mol. The van der Waals surface area contributed by atoms with E-state index >= 15 is 0 Å². The minimum absolute atomic E-state index is 0.0343. The first-order chi connectivity index (χ1) is 12.0. The third-order valence-electron chi connectivity index (χ3n) is 3.96. The van der Waals surface area contributed by atoms with Gasteiger partial charge in [-0.1, -0.05) is 23.7 Å². The topological polar surface area (TPSA) is 67.9 Å². The lowest BCUT2D eigenvalue weighted by molar-refractivity contribution is -0.121. The number of nitrogens with one attached hydrogen (secondary N) is 1. The molecule has 0 radical (unpaired) electrons. The summed E-state index contributed by atoms with van der Waals surface area (Å²) in [5, 5.41) is 3.56. The fourth-order valence-corrected chi connectivity index (χ4v) is 2.97. The molecule has 3 rings (SSSR count). The van der Waals surface area contributed by atoms with Gasteiger partial charge >= 0.3 is 0 Å². The van der Waals surface area contributed by atoms with Crippen LogP contribution in [0.3, 0.4) is 0 Å². The van der Waals surface area contributed by atoms with Gasteiger partial charge in [0.05, 0.1) is 32.0 Å². The molecule has 25 heavy (non-hydrogen) atoms. The highest BCUT2D eigenvalue weighted by molar-refractivity contribution is 6.31. The maximum Gasteiger partial charge on any atom is 0.256 e. The number of rotatable bonds is 5. The third kappa shape index (κ3) is 3.25. The van der Waals surface area contributed by atoms with Crippen LogP contribution in [-0.4, -0.2) is 32.1 Å². The predicted octanol–water partition coefficient (Wildman–Crippen LogP) is 3.10. The molecule has 2 aromatic rings. The van der Waals surface area contributed by atoms with Crippen LogP contribution in [0.15, 0.2) is 42.5 Å². The molecule has 130 valence electrons. The Bertz CT molecular complexity index is 824. The van der Waals surface area contributed by atoms with E-state index in [-0.39, 0.29) is 18.2 Å². The molecule has 1 atom stereocenters. The fraction of sp³-hybridized carbons (Fsp3) is 0.222. The van der Waals surface area contributed by atoms with Crippen LogP contribution in [0.25, 0.3) is 0 Å². The molecule has 0 saturated carbocycles. The molecule has 0 unspecified atom stereocenters. The zero-order valence-corrected chi connectivity index (χ0v) is 14.5. The number of anilines is 2. The lowest BCUT2D eigenvalue weighted by Gasteiger charge is -2.19. The minimum Gasteiger partial charge on any atom is -0.495 e. The highest BCUT2D eigenvalue weighted by Crippen LogP contribution is 2.34. The molecule has 0 bridgehead atoms. The van der Waals surface area contributed by atoms with Crippen LogP contribution in [0.1, 0.15) is 6.42 Å². The van der Waals surface area contributed by atoms with Crippen molar-refractivity contribution in [2.75, 3.05) is 24.4 Å². The van der Waals surface area contributed by atoms with Gasteiger partial charge in [-0.25, -0.2) is 4.90 Å². The number of amides is 2. The number of methoxy groups -OCH3 is 2. The lowest BCUT2D eigenvalue weighted by atomic mass is 10.2. The van der Waals surface area contributed by atoms with Crippen LogP contribution < -0.4 is 19.7 Å². The lowest BCUT2D eigenvalue weighted by Crippen LogP contribution is -2.35. The van der Waals surface area contributed by atoms with Gasteiger partial charge in [0.25, 0.3) is 5.91 Å². The third-order valence-corrected chi connectivity index (χ3v) is 4.20. The zero-order chi connectivity index (χ0) is 18.0. The number of nitrogens with zero attached hydrogens (tertiary/aromatic N) is 1. The first kappa shape index (κ1) is 17.1. The van der Waals surface area contributed by atoms with Gasteiger partial charge in [0.15, 0.2) is 0 Å².